The highest BCUT2D eigenvalue weighted by molar-refractivity contribution is 4.83. The van der Waals surface area contributed by atoms with E-state index >= 15 is 0 Å². The molecule has 1 atom stereocenters. The molecule has 0 bridgehead atoms. The molecule has 4 heteroatoms. The van der Waals surface area contributed by atoms with E-state index in [4.69, 9.17) is 14.3 Å². The Hall–Kier alpha value is -0.940. The van der Waals surface area contributed by atoms with Gasteiger partial charge in [0.25, 0.3) is 0 Å². The first-order chi connectivity index (χ1) is 31.1. The second-order valence-corrected chi connectivity index (χ2v) is 20.0. The van der Waals surface area contributed by atoms with Crippen molar-refractivity contribution >= 4 is 0 Å². The van der Waals surface area contributed by atoms with E-state index in [-0.39, 0.29) is 11.7 Å². The van der Waals surface area contributed by atoms with Gasteiger partial charge in [-0.3, -0.25) is 4.84 Å². The van der Waals surface area contributed by atoms with Crippen LogP contribution in [0.1, 0.15) is 304 Å². The summed E-state index contributed by atoms with van der Waals surface area (Å²) in [6, 6.07) is 0. The van der Waals surface area contributed by atoms with Crippen molar-refractivity contribution in [1.82, 2.24) is 5.48 Å². The Morgan fingerprint density at radius 3 is 1.03 bits per heavy atom. The lowest BCUT2D eigenvalue weighted by molar-refractivity contribution is -0.112. The minimum Gasteiger partial charge on any atom is -0.379 e. The second-order valence-electron chi connectivity index (χ2n) is 20.0. The van der Waals surface area contributed by atoms with Crippen LogP contribution in [0.15, 0.2) is 36.5 Å². The van der Waals surface area contributed by atoms with Gasteiger partial charge >= 0.3 is 0 Å². The summed E-state index contributed by atoms with van der Waals surface area (Å²) in [5.74, 6) is 0. The van der Waals surface area contributed by atoms with Crippen molar-refractivity contribution in [3.05, 3.63) is 36.5 Å². The first kappa shape index (κ1) is 62.1. The SMILES string of the molecule is CCCCCCCC/C=C\CCCCCCCCOCC(CNOC(C)(C)CCCCCCC/C=C\CCCCCCCC)OCCCCCCCC/C=C\CCCCCCCC. The first-order valence-electron chi connectivity index (χ1n) is 28.6. The molecule has 0 aliphatic carbocycles. The number of hydrogen-bond acceptors (Lipinski definition) is 4. The number of allylic oxidation sites excluding steroid dienone is 6. The molecule has 0 heterocycles. The van der Waals surface area contributed by atoms with Crippen molar-refractivity contribution in [2.75, 3.05) is 26.4 Å². The van der Waals surface area contributed by atoms with Crippen LogP contribution in [0.3, 0.4) is 0 Å². The van der Waals surface area contributed by atoms with E-state index in [1.807, 2.05) is 0 Å². The van der Waals surface area contributed by atoms with Gasteiger partial charge in [0, 0.05) is 19.8 Å². The van der Waals surface area contributed by atoms with Crippen molar-refractivity contribution in [3.8, 4) is 0 Å². The Bertz CT molecular complexity index is 928. The highest BCUT2D eigenvalue weighted by Gasteiger charge is 2.19. The molecule has 0 fully saturated rings. The van der Waals surface area contributed by atoms with Gasteiger partial charge in [-0.25, -0.2) is 0 Å². The second kappa shape index (κ2) is 53.7. The minimum absolute atomic E-state index is 0.0258. The highest BCUT2D eigenvalue weighted by Crippen LogP contribution is 2.19. The van der Waals surface area contributed by atoms with Gasteiger partial charge < -0.3 is 9.47 Å². The van der Waals surface area contributed by atoms with Gasteiger partial charge in [0.05, 0.1) is 18.3 Å². The van der Waals surface area contributed by atoms with Crippen LogP contribution in [0.25, 0.3) is 0 Å². The first-order valence-corrected chi connectivity index (χ1v) is 28.6. The number of ether oxygens (including phenoxy) is 2. The summed E-state index contributed by atoms with van der Waals surface area (Å²) in [6.45, 7) is 14.3. The van der Waals surface area contributed by atoms with Gasteiger partial charge in [0.1, 0.15) is 0 Å². The largest absolute Gasteiger partial charge is 0.379 e. The van der Waals surface area contributed by atoms with Crippen molar-refractivity contribution in [1.29, 1.82) is 0 Å². The van der Waals surface area contributed by atoms with Crippen LogP contribution < -0.4 is 5.48 Å². The quantitative estimate of drug-likeness (QED) is 0.0375. The fourth-order valence-corrected chi connectivity index (χ4v) is 8.43. The van der Waals surface area contributed by atoms with E-state index in [2.05, 4.69) is 76.6 Å². The maximum absolute atomic E-state index is 6.41. The van der Waals surface area contributed by atoms with E-state index in [0.29, 0.717) is 13.2 Å². The Morgan fingerprint density at radius 1 is 0.365 bits per heavy atom. The van der Waals surface area contributed by atoms with Gasteiger partial charge in [-0.15, -0.1) is 0 Å². The predicted octanol–water partition coefficient (Wildman–Crippen LogP) is 19.8. The number of rotatable bonds is 54. The minimum atomic E-state index is -0.182. The summed E-state index contributed by atoms with van der Waals surface area (Å²) in [6.07, 6.45) is 70.3. The molecule has 0 aromatic rings. The average molecular weight is 887 g/mol. The van der Waals surface area contributed by atoms with Crippen LogP contribution >= 0.6 is 0 Å². The van der Waals surface area contributed by atoms with Gasteiger partial charge in [-0.1, -0.05) is 231 Å². The monoisotopic (exact) mass is 886 g/mol. The average Bonchev–Trinajstić information content (AvgIpc) is 3.28. The normalized spacial score (nSPS) is 12.9. The molecule has 1 N–H and O–H groups in total. The van der Waals surface area contributed by atoms with E-state index in [9.17, 15) is 0 Å². The molecule has 0 spiro atoms. The maximum atomic E-state index is 6.41. The lowest BCUT2D eigenvalue weighted by Crippen LogP contribution is -2.39. The zero-order valence-electron chi connectivity index (χ0n) is 43.8. The fraction of sp³-hybridized carbons (Fsp3) is 0.898. The number of hydrogen-bond donors (Lipinski definition) is 1. The van der Waals surface area contributed by atoms with E-state index in [0.717, 1.165) is 32.5 Å². The molecule has 1 unspecified atom stereocenters. The highest BCUT2D eigenvalue weighted by atomic mass is 16.7. The molecule has 63 heavy (non-hydrogen) atoms. The molecule has 0 aliphatic rings. The molecule has 0 amide bonds. The molecule has 0 aromatic heterocycles. The standard InChI is InChI=1S/C59H115NO3/c1-6-9-12-15-18-21-24-27-30-33-36-39-42-45-48-51-54-61-57-58(62-55-52-49-46-43-40-37-34-31-28-25-22-19-16-13-10-7-2)56-60-63-59(4,5)53-50-47-44-41-38-35-32-29-26-23-20-17-14-11-8-3/h27-32,58,60H,6-26,33-57H2,1-5H3/b30-27-,31-28-,32-29-. The van der Waals surface area contributed by atoms with Gasteiger partial charge in [0.15, 0.2) is 0 Å². The molecule has 0 aliphatic heterocycles. The van der Waals surface area contributed by atoms with Crippen LogP contribution in [0.5, 0.6) is 0 Å². The summed E-state index contributed by atoms with van der Waals surface area (Å²) in [4.78, 5) is 6.25. The molecule has 4 nitrogen and oxygen atoms in total. The Balaban J connectivity index is 4.25. The summed E-state index contributed by atoms with van der Waals surface area (Å²) in [5, 5.41) is 0. The number of nitrogens with one attached hydrogen (secondary N) is 1. The van der Waals surface area contributed by atoms with Crippen LogP contribution in [0.2, 0.25) is 0 Å². The predicted molar refractivity (Wildman–Crippen MR) is 282 cm³/mol. The Kier molecular flexibility index (Phi) is 52.9. The molecule has 0 saturated carbocycles. The molecule has 0 radical (unpaired) electrons. The van der Waals surface area contributed by atoms with Gasteiger partial charge in [0.2, 0.25) is 0 Å². The van der Waals surface area contributed by atoms with E-state index < -0.39 is 0 Å². The molecule has 374 valence electrons. The van der Waals surface area contributed by atoms with Crippen molar-refractivity contribution in [3.63, 3.8) is 0 Å². The zero-order chi connectivity index (χ0) is 45.7. The Morgan fingerprint density at radius 2 is 0.667 bits per heavy atom. The summed E-state index contributed by atoms with van der Waals surface area (Å²) < 4.78 is 12.6. The van der Waals surface area contributed by atoms with Gasteiger partial charge in [-0.2, -0.15) is 5.48 Å². The summed E-state index contributed by atoms with van der Waals surface area (Å²) in [5.41, 5.74) is 3.14. The van der Waals surface area contributed by atoms with Crippen LogP contribution in [-0.4, -0.2) is 38.1 Å². The molecule has 0 aromatic carbocycles. The van der Waals surface area contributed by atoms with Crippen molar-refractivity contribution < 1.29 is 14.3 Å². The lowest BCUT2D eigenvalue weighted by Gasteiger charge is -2.27. The fourth-order valence-electron chi connectivity index (χ4n) is 8.43. The third-order valence-corrected chi connectivity index (χ3v) is 12.8. The molecular formula is C59H115NO3. The lowest BCUT2D eigenvalue weighted by atomic mass is 9.99. The molecule has 0 saturated heterocycles. The van der Waals surface area contributed by atoms with Gasteiger partial charge in [-0.05, 0) is 110 Å². The molecular weight excluding hydrogens is 771 g/mol. The Labute approximate surface area is 397 Å². The zero-order valence-corrected chi connectivity index (χ0v) is 43.8. The van der Waals surface area contributed by atoms with Crippen molar-refractivity contribution in [2.24, 2.45) is 0 Å². The third kappa shape index (κ3) is 53.6. The molecule has 0 rings (SSSR count). The van der Waals surface area contributed by atoms with Crippen LogP contribution in [0, 0.1) is 0 Å². The van der Waals surface area contributed by atoms with E-state index in [1.54, 1.807) is 0 Å². The number of hydroxylamine groups is 1. The van der Waals surface area contributed by atoms with Crippen molar-refractivity contribution in [2.45, 2.75) is 316 Å². The van der Waals surface area contributed by atoms with E-state index in [1.165, 1.54) is 250 Å². The smallest absolute Gasteiger partial charge is 0.0955 e. The number of unbranched alkanes of at least 4 members (excludes halogenated alkanes) is 35. The summed E-state index contributed by atoms with van der Waals surface area (Å²) >= 11 is 0. The summed E-state index contributed by atoms with van der Waals surface area (Å²) in [7, 11) is 0. The third-order valence-electron chi connectivity index (χ3n) is 12.8. The topological polar surface area (TPSA) is 39.7 Å². The van der Waals surface area contributed by atoms with Crippen LogP contribution in [-0.2, 0) is 14.3 Å². The van der Waals surface area contributed by atoms with Crippen LogP contribution in [0.4, 0.5) is 0 Å². The maximum Gasteiger partial charge on any atom is 0.0955 e.